The van der Waals surface area contributed by atoms with Crippen LogP contribution in [0.2, 0.25) is 0 Å². The van der Waals surface area contributed by atoms with E-state index in [1.807, 2.05) is 0 Å². The maximum Gasteiger partial charge on any atom is 0.215 e. The van der Waals surface area contributed by atoms with Gasteiger partial charge in [-0.15, -0.1) is 0 Å². The fourth-order valence-corrected chi connectivity index (χ4v) is 1.63. The first-order valence-electron chi connectivity index (χ1n) is 4.89. The van der Waals surface area contributed by atoms with E-state index in [1.54, 1.807) is 13.0 Å². The Morgan fingerprint density at radius 3 is 2.79 bits per heavy atom. The van der Waals surface area contributed by atoms with Crippen molar-refractivity contribution in [3.63, 3.8) is 0 Å². The van der Waals surface area contributed by atoms with Gasteiger partial charge in [0.05, 0.1) is 11.9 Å². The highest BCUT2D eigenvalue weighted by atomic mass is 19.1. The Morgan fingerprint density at radius 2 is 2.14 bits per heavy atom. The molecule has 1 N–H and O–H groups in total. The molecule has 0 spiro atoms. The van der Waals surface area contributed by atoms with Crippen molar-refractivity contribution in [2.45, 2.75) is 19.8 Å². The van der Waals surface area contributed by atoms with Gasteiger partial charge in [0.2, 0.25) is 5.95 Å². The second-order valence-electron chi connectivity index (χ2n) is 3.64. The molecule has 14 heavy (non-hydrogen) atoms. The summed E-state index contributed by atoms with van der Waals surface area (Å²) in [5.74, 6) is -0.392. The van der Waals surface area contributed by atoms with E-state index in [-0.39, 0.29) is 0 Å². The molecule has 0 aliphatic carbocycles. The molecule has 0 bridgehead atoms. The first-order chi connectivity index (χ1) is 6.75. The van der Waals surface area contributed by atoms with Crippen molar-refractivity contribution < 1.29 is 4.39 Å². The molecule has 0 atom stereocenters. The molecular weight excluding hydrogens is 181 g/mol. The minimum absolute atomic E-state index is 0.392. The zero-order valence-electron chi connectivity index (χ0n) is 8.26. The molecule has 1 fully saturated rings. The molecular formula is C10H14FN3. The normalized spacial score (nSPS) is 17.3. The third kappa shape index (κ3) is 2.01. The van der Waals surface area contributed by atoms with E-state index < -0.39 is 5.95 Å². The highest BCUT2D eigenvalue weighted by Crippen LogP contribution is 2.14. The Hall–Kier alpha value is -1.16. The number of hydrogen-bond acceptors (Lipinski definition) is 3. The lowest BCUT2D eigenvalue weighted by Crippen LogP contribution is -2.26. The summed E-state index contributed by atoms with van der Waals surface area (Å²) in [6, 6.07) is 1.78. The van der Waals surface area contributed by atoms with E-state index >= 15 is 0 Å². The van der Waals surface area contributed by atoms with Gasteiger partial charge in [-0.3, -0.25) is 0 Å². The standard InChI is InChI=1S/C10H14FN3/c1-8-6-9(7-12-10(8)11)13-14-4-2-3-5-14/h6-7,13H,2-5H2,1H3. The van der Waals surface area contributed by atoms with Crippen LogP contribution in [0, 0.1) is 12.9 Å². The van der Waals surface area contributed by atoms with E-state index in [0.29, 0.717) is 5.56 Å². The SMILES string of the molecule is Cc1cc(NN2CCCC2)cnc1F. The maximum absolute atomic E-state index is 12.9. The van der Waals surface area contributed by atoms with Crippen molar-refractivity contribution in [1.29, 1.82) is 0 Å². The van der Waals surface area contributed by atoms with Crippen LogP contribution in [0.1, 0.15) is 18.4 Å². The number of pyridine rings is 1. The molecule has 1 aliphatic rings. The summed E-state index contributed by atoms with van der Waals surface area (Å²) in [6.45, 7) is 3.82. The lowest BCUT2D eigenvalue weighted by atomic mass is 10.3. The summed E-state index contributed by atoms with van der Waals surface area (Å²) in [4.78, 5) is 3.66. The van der Waals surface area contributed by atoms with Crippen molar-refractivity contribution in [2.24, 2.45) is 0 Å². The fraction of sp³-hybridized carbons (Fsp3) is 0.500. The molecule has 2 rings (SSSR count). The Labute approximate surface area is 82.9 Å². The number of halogens is 1. The summed E-state index contributed by atoms with van der Waals surface area (Å²) in [7, 11) is 0. The molecule has 0 amide bonds. The number of nitrogens with zero attached hydrogens (tertiary/aromatic N) is 2. The Balaban J connectivity index is 2.05. The average Bonchev–Trinajstić information content (AvgIpc) is 2.64. The summed E-state index contributed by atoms with van der Waals surface area (Å²) in [5.41, 5.74) is 4.66. The smallest absolute Gasteiger partial charge is 0.215 e. The van der Waals surface area contributed by atoms with Gasteiger partial charge in [0.15, 0.2) is 0 Å². The van der Waals surface area contributed by atoms with Crippen LogP contribution in [0.25, 0.3) is 0 Å². The predicted octanol–water partition coefficient (Wildman–Crippen LogP) is 1.95. The molecule has 0 saturated carbocycles. The van der Waals surface area contributed by atoms with Crippen LogP contribution in [0.5, 0.6) is 0 Å². The first kappa shape index (κ1) is 9.40. The number of anilines is 1. The molecule has 0 unspecified atom stereocenters. The number of hydrazine groups is 1. The van der Waals surface area contributed by atoms with Crippen molar-refractivity contribution in [1.82, 2.24) is 9.99 Å². The molecule has 3 nitrogen and oxygen atoms in total. The van der Waals surface area contributed by atoms with Crippen LogP contribution in [-0.2, 0) is 0 Å². The maximum atomic E-state index is 12.9. The van der Waals surface area contributed by atoms with Crippen molar-refractivity contribution >= 4 is 5.69 Å². The zero-order valence-corrected chi connectivity index (χ0v) is 8.26. The van der Waals surface area contributed by atoms with Gasteiger partial charge in [-0.25, -0.2) is 9.99 Å². The van der Waals surface area contributed by atoms with E-state index in [4.69, 9.17) is 0 Å². The second-order valence-corrected chi connectivity index (χ2v) is 3.64. The largest absolute Gasteiger partial charge is 0.317 e. The van der Waals surface area contributed by atoms with Gasteiger partial charge in [-0.2, -0.15) is 4.39 Å². The number of aromatic nitrogens is 1. The summed E-state index contributed by atoms with van der Waals surface area (Å²) in [5, 5.41) is 2.13. The van der Waals surface area contributed by atoms with E-state index in [1.165, 1.54) is 19.0 Å². The first-order valence-corrected chi connectivity index (χ1v) is 4.89. The lowest BCUT2D eigenvalue weighted by molar-refractivity contribution is 0.410. The van der Waals surface area contributed by atoms with Crippen molar-refractivity contribution in [2.75, 3.05) is 18.5 Å². The topological polar surface area (TPSA) is 28.2 Å². The van der Waals surface area contributed by atoms with Gasteiger partial charge in [-0.1, -0.05) is 0 Å². The number of aryl methyl sites for hydroxylation is 1. The Morgan fingerprint density at radius 1 is 1.43 bits per heavy atom. The summed E-state index contributed by atoms with van der Waals surface area (Å²) < 4.78 is 12.9. The molecule has 1 saturated heterocycles. The van der Waals surface area contributed by atoms with Gasteiger partial charge in [0.1, 0.15) is 0 Å². The van der Waals surface area contributed by atoms with E-state index in [0.717, 1.165) is 18.8 Å². The number of rotatable bonds is 2. The highest BCUT2D eigenvalue weighted by Gasteiger charge is 2.11. The highest BCUT2D eigenvalue weighted by molar-refractivity contribution is 5.41. The van der Waals surface area contributed by atoms with Crippen LogP contribution < -0.4 is 5.43 Å². The second kappa shape index (κ2) is 3.92. The van der Waals surface area contributed by atoms with Crippen LogP contribution >= 0.6 is 0 Å². The fourth-order valence-electron chi connectivity index (χ4n) is 1.63. The van der Waals surface area contributed by atoms with Crippen molar-refractivity contribution in [3.05, 3.63) is 23.8 Å². The molecule has 1 aliphatic heterocycles. The van der Waals surface area contributed by atoms with Gasteiger partial charge in [0, 0.05) is 18.7 Å². The summed E-state index contributed by atoms with van der Waals surface area (Å²) in [6.07, 6.45) is 3.97. The van der Waals surface area contributed by atoms with Gasteiger partial charge >= 0.3 is 0 Å². The quantitative estimate of drug-likeness (QED) is 0.731. The van der Waals surface area contributed by atoms with E-state index in [2.05, 4.69) is 15.4 Å². The third-order valence-electron chi connectivity index (χ3n) is 2.41. The van der Waals surface area contributed by atoms with Crippen LogP contribution in [0.3, 0.4) is 0 Å². The van der Waals surface area contributed by atoms with E-state index in [9.17, 15) is 4.39 Å². The number of nitrogens with one attached hydrogen (secondary N) is 1. The summed E-state index contributed by atoms with van der Waals surface area (Å²) >= 11 is 0. The van der Waals surface area contributed by atoms with Gasteiger partial charge in [0.25, 0.3) is 0 Å². The third-order valence-corrected chi connectivity index (χ3v) is 2.41. The zero-order chi connectivity index (χ0) is 9.97. The van der Waals surface area contributed by atoms with Crippen LogP contribution in [0.4, 0.5) is 10.1 Å². The lowest BCUT2D eigenvalue weighted by Gasteiger charge is -2.17. The molecule has 0 aromatic carbocycles. The molecule has 1 aromatic heterocycles. The minimum atomic E-state index is -0.392. The monoisotopic (exact) mass is 195 g/mol. The molecule has 0 radical (unpaired) electrons. The van der Waals surface area contributed by atoms with Gasteiger partial charge in [-0.05, 0) is 25.8 Å². The molecule has 4 heteroatoms. The van der Waals surface area contributed by atoms with Crippen LogP contribution in [0.15, 0.2) is 12.3 Å². The molecule has 76 valence electrons. The predicted molar refractivity (Wildman–Crippen MR) is 53.4 cm³/mol. The average molecular weight is 195 g/mol. The van der Waals surface area contributed by atoms with Crippen LogP contribution in [-0.4, -0.2) is 23.1 Å². The van der Waals surface area contributed by atoms with Gasteiger partial charge < -0.3 is 5.43 Å². The minimum Gasteiger partial charge on any atom is -0.317 e. The molecule has 2 heterocycles. The molecule has 1 aromatic rings. The Kier molecular flexibility index (Phi) is 2.63. The Bertz CT molecular complexity index is 321. The van der Waals surface area contributed by atoms with Crippen molar-refractivity contribution in [3.8, 4) is 0 Å². The number of hydrogen-bond donors (Lipinski definition) is 1.